The van der Waals surface area contributed by atoms with Gasteiger partial charge in [-0.1, -0.05) is 5.57 Å². The lowest BCUT2D eigenvalue weighted by molar-refractivity contribution is -0.115. The van der Waals surface area contributed by atoms with Gasteiger partial charge in [0.15, 0.2) is 5.78 Å². The van der Waals surface area contributed by atoms with Crippen LogP contribution in [-0.4, -0.2) is 12.9 Å². The fraction of sp³-hybridized carbons (Fsp3) is 0.583. The normalized spacial score (nSPS) is 17.2. The number of unbranched alkanes of at least 4 members (excludes halogenated alkanes) is 1. The monoisotopic (exact) mass is 194 g/mol. The van der Waals surface area contributed by atoms with E-state index in [1.807, 2.05) is 12.2 Å². The number of ether oxygens (including phenoxy) is 1. The van der Waals surface area contributed by atoms with E-state index in [2.05, 4.69) is 0 Å². The summed E-state index contributed by atoms with van der Waals surface area (Å²) in [4.78, 5) is 11.1. The number of carbonyl (C=O) groups is 1. The van der Waals surface area contributed by atoms with Crippen molar-refractivity contribution >= 4 is 5.78 Å². The van der Waals surface area contributed by atoms with Gasteiger partial charge in [-0.3, -0.25) is 4.79 Å². The maximum Gasteiger partial charge on any atom is 0.155 e. The summed E-state index contributed by atoms with van der Waals surface area (Å²) < 4.78 is 4.80. The fourth-order valence-electron chi connectivity index (χ4n) is 1.67. The highest BCUT2D eigenvalue weighted by Crippen LogP contribution is 2.20. The zero-order valence-corrected chi connectivity index (χ0v) is 8.79. The molecular formula is C12H18O2. The van der Waals surface area contributed by atoms with Crippen molar-refractivity contribution in [1.29, 1.82) is 0 Å². The molecule has 78 valence electrons. The first-order valence-corrected chi connectivity index (χ1v) is 5.23. The lowest BCUT2D eigenvalue weighted by Crippen LogP contribution is -2.02. The molecule has 0 saturated heterocycles. The number of rotatable bonds is 5. The van der Waals surface area contributed by atoms with Crippen molar-refractivity contribution < 1.29 is 9.53 Å². The summed E-state index contributed by atoms with van der Waals surface area (Å²) in [6.07, 6.45) is 11.7. The summed E-state index contributed by atoms with van der Waals surface area (Å²) >= 11 is 0. The molecule has 1 rings (SSSR count). The highest BCUT2D eigenvalue weighted by Gasteiger charge is 2.08. The van der Waals surface area contributed by atoms with E-state index in [0.717, 1.165) is 38.5 Å². The predicted octanol–water partition coefficient (Wildman–Crippen LogP) is 3.00. The average Bonchev–Trinajstić information content (AvgIpc) is 2.18. The van der Waals surface area contributed by atoms with Gasteiger partial charge in [-0.2, -0.15) is 0 Å². The van der Waals surface area contributed by atoms with Crippen molar-refractivity contribution in [2.24, 2.45) is 0 Å². The molecule has 0 aliphatic heterocycles. The number of allylic oxidation sites excluding steroid dienone is 3. The molecule has 0 heterocycles. The molecule has 0 N–H and O–H groups in total. The second kappa shape index (κ2) is 6.41. The second-order valence-electron chi connectivity index (χ2n) is 3.62. The van der Waals surface area contributed by atoms with Gasteiger partial charge in [-0.25, -0.2) is 0 Å². The zero-order chi connectivity index (χ0) is 10.2. The minimum Gasteiger partial charge on any atom is -0.505 e. The molecule has 1 aliphatic rings. The quantitative estimate of drug-likeness (QED) is 0.496. The zero-order valence-electron chi connectivity index (χ0n) is 8.79. The molecule has 2 heteroatoms. The van der Waals surface area contributed by atoms with Crippen molar-refractivity contribution in [2.75, 3.05) is 7.11 Å². The van der Waals surface area contributed by atoms with Crippen LogP contribution in [-0.2, 0) is 9.53 Å². The topological polar surface area (TPSA) is 26.3 Å². The number of hydrogen-bond acceptors (Lipinski definition) is 2. The van der Waals surface area contributed by atoms with Crippen LogP contribution in [0.2, 0.25) is 0 Å². The Balaban J connectivity index is 2.17. The van der Waals surface area contributed by atoms with Gasteiger partial charge >= 0.3 is 0 Å². The molecule has 0 spiro atoms. The molecular weight excluding hydrogens is 176 g/mol. The van der Waals surface area contributed by atoms with E-state index < -0.39 is 0 Å². The van der Waals surface area contributed by atoms with Gasteiger partial charge in [0, 0.05) is 6.42 Å². The second-order valence-corrected chi connectivity index (χ2v) is 3.62. The standard InChI is InChI=1S/C12H18O2/c1-14-9-4-2-3-6-11-7-5-8-12(13)10-11/h4,9-10H,2-3,5-8H2,1H3/b9-4+. The molecule has 0 amide bonds. The molecule has 0 aromatic heterocycles. The number of methoxy groups -OCH3 is 1. The Morgan fingerprint density at radius 1 is 1.50 bits per heavy atom. The number of carbonyl (C=O) groups excluding carboxylic acids is 1. The lowest BCUT2D eigenvalue weighted by Gasteiger charge is -2.10. The van der Waals surface area contributed by atoms with Gasteiger partial charge in [0.2, 0.25) is 0 Å². The lowest BCUT2D eigenvalue weighted by atomic mass is 9.95. The van der Waals surface area contributed by atoms with Gasteiger partial charge in [0.1, 0.15) is 0 Å². The fourth-order valence-corrected chi connectivity index (χ4v) is 1.67. The third-order valence-electron chi connectivity index (χ3n) is 2.39. The molecule has 2 nitrogen and oxygen atoms in total. The van der Waals surface area contributed by atoms with Crippen molar-refractivity contribution in [3.05, 3.63) is 24.0 Å². The van der Waals surface area contributed by atoms with E-state index in [4.69, 9.17) is 4.74 Å². The highest BCUT2D eigenvalue weighted by molar-refractivity contribution is 5.91. The number of ketones is 1. The molecule has 0 radical (unpaired) electrons. The van der Waals surface area contributed by atoms with Crippen molar-refractivity contribution in [3.63, 3.8) is 0 Å². The maximum atomic E-state index is 11.1. The molecule has 0 atom stereocenters. The van der Waals surface area contributed by atoms with Gasteiger partial charge in [0.05, 0.1) is 13.4 Å². The van der Waals surface area contributed by atoms with Crippen LogP contribution < -0.4 is 0 Å². The molecule has 0 aromatic rings. The van der Waals surface area contributed by atoms with Crippen LogP contribution in [0.5, 0.6) is 0 Å². The molecule has 0 bridgehead atoms. The first-order chi connectivity index (χ1) is 6.83. The molecule has 1 aliphatic carbocycles. The van der Waals surface area contributed by atoms with Gasteiger partial charge in [-0.15, -0.1) is 0 Å². The largest absolute Gasteiger partial charge is 0.505 e. The van der Waals surface area contributed by atoms with Crippen LogP contribution >= 0.6 is 0 Å². The third kappa shape index (κ3) is 4.26. The van der Waals surface area contributed by atoms with Gasteiger partial charge in [0.25, 0.3) is 0 Å². The van der Waals surface area contributed by atoms with E-state index >= 15 is 0 Å². The third-order valence-corrected chi connectivity index (χ3v) is 2.39. The highest BCUT2D eigenvalue weighted by atomic mass is 16.5. The number of hydrogen-bond donors (Lipinski definition) is 0. The predicted molar refractivity (Wildman–Crippen MR) is 56.9 cm³/mol. The van der Waals surface area contributed by atoms with E-state index in [-0.39, 0.29) is 0 Å². The smallest absolute Gasteiger partial charge is 0.155 e. The van der Waals surface area contributed by atoms with Crippen LogP contribution in [0.4, 0.5) is 0 Å². The Kier molecular flexibility index (Phi) is 5.05. The summed E-state index contributed by atoms with van der Waals surface area (Å²) in [5.74, 6) is 0.304. The molecule has 14 heavy (non-hydrogen) atoms. The Morgan fingerprint density at radius 3 is 3.07 bits per heavy atom. The van der Waals surface area contributed by atoms with E-state index in [9.17, 15) is 4.79 Å². The van der Waals surface area contributed by atoms with Crippen molar-refractivity contribution in [1.82, 2.24) is 0 Å². The first kappa shape index (κ1) is 11.0. The van der Waals surface area contributed by atoms with Gasteiger partial charge < -0.3 is 4.74 Å². The Bertz CT molecular complexity index is 239. The Morgan fingerprint density at radius 2 is 2.36 bits per heavy atom. The van der Waals surface area contributed by atoms with Crippen molar-refractivity contribution in [3.8, 4) is 0 Å². The van der Waals surface area contributed by atoms with Crippen LogP contribution in [0, 0.1) is 0 Å². The van der Waals surface area contributed by atoms with Crippen LogP contribution in [0.25, 0.3) is 0 Å². The van der Waals surface area contributed by atoms with Crippen molar-refractivity contribution in [2.45, 2.75) is 38.5 Å². The molecule has 0 aromatic carbocycles. The van der Waals surface area contributed by atoms with Crippen LogP contribution in [0.15, 0.2) is 24.0 Å². The summed E-state index contributed by atoms with van der Waals surface area (Å²) in [6.45, 7) is 0. The van der Waals surface area contributed by atoms with Crippen LogP contribution in [0.1, 0.15) is 38.5 Å². The minimum absolute atomic E-state index is 0.304. The van der Waals surface area contributed by atoms with E-state index in [1.165, 1.54) is 5.57 Å². The summed E-state index contributed by atoms with van der Waals surface area (Å²) in [5.41, 5.74) is 1.33. The first-order valence-electron chi connectivity index (χ1n) is 5.23. The Hall–Kier alpha value is -1.05. The summed E-state index contributed by atoms with van der Waals surface area (Å²) in [5, 5.41) is 0. The minimum atomic E-state index is 0.304. The summed E-state index contributed by atoms with van der Waals surface area (Å²) in [6, 6.07) is 0. The molecule has 0 fully saturated rings. The average molecular weight is 194 g/mol. The summed E-state index contributed by atoms with van der Waals surface area (Å²) in [7, 11) is 1.65. The SMILES string of the molecule is CO/C=C/CCCC1=CC(=O)CCC1. The van der Waals surface area contributed by atoms with E-state index in [0.29, 0.717) is 5.78 Å². The molecule has 0 unspecified atom stereocenters. The maximum absolute atomic E-state index is 11.1. The Labute approximate surface area is 85.6 Å². The van der Waals surface area contributed by atoms with Crippen LogP contribution in [0.3, 0.4) is 0 Å². The molecule has 0 saturated carbocycles. The van der Waals surface area contributed by atoms with Gasteiger partial charge in [-0.05, 0) is 44.3 Å². The van der Waals surface area contributed by atoms with E-state index in [1.54, 1.807) is 13.4 Å².